The average Bonchev–Trinajstić information content (AvgIpc) is 2.24. The summed E-state index contributed by atoms with van der Waals surface area (Å²) in [6.07, 6.45) is 1.97. The van der Waals surface area contributed by atoms with E-state index in [1.54, 1.807) is 24.3 Å². The van der Waals surface area contributed by atoms with E-state index in [0.29, 0.717) is 23.8 Å². The molecule has 0 spiro atoms. The van der Waals surface area contributed by atoms with Crippen molar-refractivity contribution in [3.05, 3.63) is 29.8 Å². The van der Waals surface area contributed by atoms with Gasteiger partial charge in [0, 0.05) is 5.69 Å². The molecule has 0 heterocycles. The van der Waals surface area contributed by atoms with Crippen LogP contribution >= 0.6 is 0 Å². The van der Waals surface area contributed by atoms with Crippen molar-refractivity contribution >= 4 is 11.7 Å². The molecule has 0 aliphatic carbocycles. The number of ether oxygens (including phenoxy) is 1. The molecular formula is C13H19NO2. The van der Waals surface area contributed by atoms with Crippen molar-refractivity contribution in [1.29, 1.82) is 0 Å². The Balaban J connectivity index is 2.39. The highest BCUT2D eigenvalue weighted by Gasteiger charge is 2.09. The number of hydrogen-bond donors (Lipinski definition) is 1. The molecule has 1 aromatic rings. The predicted molar refractivity (Wildman–Crippen MR) is 65.2 cm³/mol. The summed E-state index contributed by atoms with van der Waals surface area (Å²) in [5.74, 6) is 0.308. The molecule has 3 nitrogen and oxygen atoms in total. The summed E-state index contributed by atoms with van der Waals surface area (Å²) in [7, 11) is 0. The van der Waals surface area contributed by atoms with Gasteiger partial charge in [-0.05, 0) is 30.9 Å². The van der Waals surface area contributed by atoms with Gasteiger partial charge in [0.25, 0.3) is 0 Å². The first kappa shape index (κ1) is 12.6. The van der Waals surface area contributed by atoms with E-state index in [-0.39, 0.29) is 5.97 Å². The molecule has 0 amide bonds. The maximum atomic E-state index is 11.6. The van der Waals surface area contributed by atoms with Crippen LogP contribution in [0.1, 0.15) is 37.0 Å². The number of rotatable bonds is 5. The number of hydrogen-bond acceptors (Lipinski definition) is 3. The third-order valence-corrected chi connectivity index (χ3v) is 2.34. The molecule has 0 aromatic heterocycles. The van der Waals surface area contributed by atoms with E-state index in [1.807, 2.05) is 0 Å². The summed E-state index contributed by atoms with van der Waals surface area (Å²) < 4.78 is 5.14. The Bertz CT molecular complexity index is 348. The maximum absolute atomic E-state index is 11.6. The maximum Gasteiger partial charge on any atom is 0.340 e. The van der Waals surface area contributed by atoms with Gasteiger partial charge < -0.3 is 10.5 Å². The SMILES string of the molecule is CC(C)CCCOC(=O)c1ccccc1N. The van der Waals surface area contributed by atoms with E-state index in [4.69, 9.17) is 10.5 Å². The lowest BCUT2D eigenvalue weighted by atomic mass is 10.1. The monoisotopic (exact) mass is 221 g/mol. The van der Waals surface area contributed by atoms with Crippen molar-refractivity contribution < 1.29 is 9.53 Å². The van der Waals surface area contributed by atoms with Crippen LogP contribution in [0.15, 0.2) is 24.3 Å². The van der Waals surface area contributed by atoms with E-state index >= 15 is 0 Å². The predicted octanol–water partition coefficient (Wildman–Crippen LogP) is 2.86. The van der Waals surface area contributed by atoms with Gasteiger partial charge in [-0.1, -0.05) is 26.0 Å². The van der Waals surface area contributed by atoms with E-state index in [9.17, 15) is 4.79 Å². The molecule has 2 N–H and O–H groups in total. The first-order valence-electron chi connectivity index (χ1n) is 5.63. The first-order chi connectivity index (χ1) is 7.61. The lowest BCUT2D eigenvalue weighted by Crippen LogP contribution is -2.09. The van der Waals surface area contributed by atoms with Gasteiger partial charge in [0.15, 0.2) is 0 Å². The quantitative estimate of drug-likeness (QED) is 0.472. The van der Waals surface area contributed by atoms with Gasteiger partial charge in [0.2, 0.25) is 0 Å². The second-order valence-electron chi connectivity index (χ2n) is 4.26. The van der Waals surface area contributed by atoms with Gasteiger partial charge >= 0.3 is 5.97 Å². The van der Waals surface area contributed by atoms with Gasteiger partial charge in [0.1, 0.15) is 0 Å². The lowest BCUT2D eigenvalue weighted by Gasteiger charge is -2.07. The van der Waals surface area contributed by atoms with Crippen LogP contribution in [0, 0.1) is 5.92 Å². The molecule has 88 valence electrons. The van der Waals surface area contributed by atoms with Crippen LogP contribution in [-0.2, 0) is 4.74 Å². The van der Waals surface area contributed by atoms with Crippen molar-refractivity contribution in [2.45, 2.75) is 26.7 Å². The molecule has 0 radical (unpaired) electrons. The molecular weight excluding hydrogens is 202 g/mol. The van der Waals surface area contributed by atoms with Crippen molar-refractivity contribution in [2.24, 2.45) is 5.92 Å². The number of carbonyl (C=O) groups is 1. The normalized spacial score (nSPS) is 10.4. The fourth-order valence-corrected chi connectivity index (χ4v) is 1.42. The highest BCUT2D eigenvalue weighted by molar-refractivity contribution is 5.94. The van der Waals surface area contributed by atoms with Crippen molar-refractivity contribution in [2.75, 3.05) is 12.3 Å². The Morgan fingerprint density at radius 3 is 2.69 bits per heavy atom. The van der Waals surface area contributed by atoms with E-state index in [1.165, 1.54) is 0 Å². The fraction of sp³-hybridized carbons (Fsp3) is 0.462. The van der Waals surface area contributed by atoms with Gasteiger partial charge in [-0.15, -0.1) is 0 Å². The van der Waals surface area contributed by atoms with Crippen LogP contribution in [0.5, 0.6) is 0 Å². The largest absolute Gasteiger partial charge is 0.462 e. The third-order valence-electron chi connectivity index (χ3n) is 2.34. The zero-order chi connectivity index (χ0) is 12.0. The van der Waals surface area contributed by atoms with Crippen LogP contribution in [0.2, 0.25) is 0 Å². The van der Waals surface area contributed by atoms with Crippen LogP contribution < -0.4 is 5.73 Å². The molecule has 0 unspecified atom stereocenters. The molecule has 0 atom stereocenters. The van der Waals surface area contributed by atoms with Gasteiger partial charge in [-0.25, -0.2) is 4.79 Å². The number of nitrogens with two attached hydrogens (primary N) is 1. The minimum Gasteiger partial charge on any atom is -0.462 e. The Hall–Kier alpha value is -1.51. The number of nitrogen functional groups attached to an aromatic ring is 1. The molecule has 0 saturated carbocycles. The second-order valence-corrected chi connectivity index (χ2v) is 4.26. The number of anilines is 1. The summed E-state index contributed by atoms with van der Waals surface area (Å²) in [5.41, 5.74) is 6.59. The Labute approximate surface area is 96.6 Å². The third kappa shape index (κ3) is 3.93. The van der Waals surface area contributed by atoms with E-state index < -0.39 is 0 Å². The van der Waals surface area contributed by atoms with E-state index in [0.717, 1.165) is 12.8 Å². The highest BCUT2D eigenvalue weighted by atomic mass is 16.5. The summed E-state index contributed by atoms with van der Waals surface area (Å²) in [5, 5.41) is 0. The molecule has 1 aromatic carbocycles. The smallest absolute Gasteiger partial charge is 0.340 e. The number of carbonyl (C=O) groups excluding carboxylic acids is 1. The van der Waals surface area contributed by atoms with Crippen LogP contribution in [0.25, 0.3) is 0 Å². The van der Waals surface area contributed by atoms with Crippen LogP contribution in [0.3, 0.4) is 0 Å². The molecule has 0 bridgehead atoms. The van der Waals surface area contributed by atoms with Crippen molar-refractivity contribution in [1.82, 2.24) is 0 Å². The first-order valence-corrected chi connectivity index (χ1v) is 5.63. The number of esters is 1. The van der Waals surface area contributed by atoms with Gasteiger partial charge in [-0.3, -0.25) is 0 Å². The van der Waals surface area contributed by atoms with Crippen LogP contribution in [0.4, 0.5) is 5.69 Å². The number of benzene rings is 1. The molecule has 16 heavy (non-hydrogen) atoms. The summed E-state index contributed by atoms with van der Waals surface area (Å²) in [6.45, 7) is 4.76. The summed E-state index contributed by atoms with van der Waals surface area (Å²) in [6, 6.07) is 6.96. The zero-order valence-corrected chi connectivity index (χ0v) is 9.90. The average molecular weight is 221 g/mol. The van der Waals surface area contributed by atoms with Crippen molar-refractivity contribution in [3.63, 3.8) is 0 Å². The molecule has 0 fully saturated rings. The van der Waals surface area contributed by atoms with Crippen LogP contribution in [-0.4, -0.2) is 12.6 Å². The minimum absolute atomic E-state index is 0.332. The molecule has 0 saturated heterocycles. The molecule has 0 aliphatic heterocycles. The standard InChI is InChI=1S/C13H19NO2/c1-10(2)6-5-9-16-13(15)11-7-3-4-8-12(11)14/h3-4,7-8,10H,5-6,9,14H2,1-2H3. The summed E-state index contributed by atoms with van der Waals surface area (Å²) in [4.78, 5) is 11.6. The lowest BCUT2D eigenvalue weighted by molar-refractivity contribution is 0.0496. The Morgan fingerprint density at radius 1 is 1.38 bits per heavy atom. The van der Waals surface area contributed by atoms with Gasteiger partial charge in [0.05, 0.1) is 12.2 Å². The minimum atomic E-state index is -0.332. The zero-order valence-electron chi connectivity index (χ0n) is 9.90. The fourth-order valence-electron chi connectivity index (χ4n) is 1.42. The number of para-hydroxylation sites is 1. The Kier molecular flexibility index (Phi) is 4.83. The molecule has 0 aliphatic rings. The highest BCUT2D eigenvalue weighted by Crippen LogP contribution is 2.12. The topological polar surface area (TPSA) is 52.3 Å². The van der Waals surface area contributed by atoms with E-state index in [2.05, 4.69) is 13.8 Å². The van der Waals surface area contributed by atoms with Crippen molar-refractivity contribution in [3.8, 4) is 0 Å². The molecule has 3 heteroatoms. The Morgan fingerprint density at radius 2 is 2.06 bits per heavy atom. The molecule has 1 rings (SSSR count). The van der Waals surface area contributed by atoms with Gasteiger partial charge in [-0.2, -0.15) is 0 Å². The second kappa shape index (κ2) is 6.16. The summed E-state index contributed by atoms with van der Waals surface area (Å²) >= 11 is 0.